The Bertz CT molecular complexity index is 902. The first-order valence-electron chi connectivity index (χ1n) is 10.3. The van der Waals surface area contributed by atoms with Crippen molar-refractivity contribution in [3.63, 3.8) is 0 Å². The van der Waals surface area contributed by atoms with Crippen molar-refractivity contribution in [3.05, 3.63) is 46.7 Å². The Kier molecular flexibility index (Phi) is 4.47. The van der Waals surface area contributed by atoms with E-state index in [4.69, 9.17) is 4.98 Å². The van der Waals surface area contributed by atoms with Crippen molar-refractivity contribution in [2.75, 3.05) is 37.6 Å². The van der Waals surface area contributed by atoms with E-state index >= 15 is 0 Å². The standard InChI is InChI=1S/C21H26N6O/c1-14-3-2-7-22-17(14)13-26-9-11-27(12-10-26)20-16-6-8-23-21(28)18(16)24-19(25-20)15-4-5-15/h2-3,7,15H,4-6,8-13H2,1H3,(H,23,28). The molecule has 5 rings (SSSR count). The minimum atomic E-state index is -0.0453. The quantitative estimate of drug-likeness (QED) is 0.872. The summed E-state index contributed by atoms with van der Waals surface area (Å²) in [6, 6.07) is 4.11. The number of rotatable bonds is 4. The molecule has 3 aliphatic rings. The number of piperazine rings is 1. The first-order valence-corrected chi connectivity index (χ1v) is 10.3. The predicted molar refractivity (Wildman–Crippen MR) is 107 cm³/mol. The normalized spacial score (nSPS) is 20.0. The van der Waals surface area contributed by atoms with Crippen LogP contribution in [0.25, 0.3) is 0 Å². The SMILES string of the molecule is Cc1cccnc1CN1CCN(c2nc(C3CC3)nc3c2CCNC3=O)CC1. The molecule has 0 aromatic carbocycles. The van der Waals surface area contributed by atoms with Gasteiger partial charge >= 0.3 is 0 Å². The molecule has 2 aliphatic heterocycles. The molecule has 0 bridgehead atoms. The Hall–Kier alpha value is -2.54. The maximum Gasteiger partial charge on any atom is 0.270 e. The van der Waals surface area contributed by atoms with Crippen LogP contribution in [-0.4, -0.2) is 58.5 Å². The largest absolute Gasteiger partial charge is 0.354 e. The van der Waals surface area contributed by atoms with E-state index in [0.717, 1.165) is 74.9 Å². The number of pyridine rings is 1. The lowest BCUT2D eigenvalue weighted by Crippen LogP contribution is -2.47. The molecule has 1 saturated carbocycles. The molecule has 0 radical (unpaired) electrons. The highest BCUT2D eigenvalue weighted by atomic mass is 16.1. The fourth-order valence-electron chi connectivity index (χ4n) is 4.09. The molecule has 1 saturated heterocycles. The van der Waals surface area contributed by atoms with Crippen molar-refractivity contribution in [2.45, 2.75) is 38.6 Å². The molecule has 1 aliphatic carbocycles. The molecular weight excluding hydrogens is 352 g/mol. The monoisotopic (exact) mass is 378 g/mol. The van der Waals surface area contributed by atoms with Gasteiger partial charge in [0.2, 0.25) is 0 Å². The highest BCUT2D eigenvalue weighted by Crippen LogP contribution is 2.39. The number of amides is 1. The van der Waals surface area contributed by atoms with Crippen LogP contribution < -0.4 is 10.2 Å². The van der Waals surface area contributed by atoms with Crippen LogP contribution in [0.3, 0.4) is 0 Å². The van der Waals surface area contributed by atoms with Crippen LogP contribution in [0.1, 0.15) is 51.9 Å². The Labute approximate surface area is 165 Å². The second-order valence-corrected chi connectivity index (χ2v) is 8.04. The third-order valence-corrected chi connectivity index (χ3v) is 5.98. The van der Waals surface area contributed by atoms with Gasteiger partial charge in [-0.2, -0.15) is 0 Å². The Balaban J connectivity index is 1.35. The van der Waals surface area contributed by atoms with Crippen molar-refractivity contribution in [1.82, 2.24) is 25.2 Å². The number of carbonyl (C=O) groups excluding carboxylic acids is 1. The highest BCUT2D eigenvalue weighted by molar-refractivity contribution is 5.96. The van der Waals surface area contributed by atoms with E-state index in [9.17, 15) is 4.79 Å². The molecule has 2 fully saturated rings. The van der Waals surface area contributed by atoms with Gasteiger partial charge < -0.3 is 10.2 Å². The smallest absolute Gasteiger partial charge is 0.270 e. The minimum Gasteiger partial charge on any atom is -0.354 e. The van der Waals surface area contributed by atoms with Gasteiger partial charge in [0.25, 0.3) is 5.91 Å². The van der Waals surface area contributed by atoms with Gasteiger partial charge in [-0.3, -0.25) is 14.7 Å². The van der Waals surface area contributed by atoms with E-state index in [1.165, 1.54) is 5.56 Å². The molecular formula is C21H26N6O. The van der Waals surface area contributed by atoms with E-state index < -0.39 is 0 Å². The number of aryl methyl sites for hydroxylation is 1. The lowest BCUT2D eigenvalue weighted by Gasteiger charge is -2.37. The Morgan fingerprint density at radius 3 is 2.75 bits per heavy atom. The summed E-state index contributed by atoms with van der Waals surface area (Å²) in [5, 5.41) is 2.93. The van der Waals surface area contributed by atoms with Gasteiger partial charge in [0.05, 0.1) is 5.69 Å². The zero-order valence-electron chi connectivity index (χ0n) is 16.3. The minimum absolute atomic E-state index is 0.0453. The first-order chi connectivity index (χ1) is 13.7. The van der Waals surface area contributed by atoms with Crippen LogP contribution in [0.2, 0.25) is 0 Å². The molecule has 4 heterocycles. The summed E-state index contributed by atoms with van der Waals surface area (Å²) in [7, 11) is 0. The van der Waals surface area contributed by atoms with Gasteiger partial charge in [-0.15, -0.1) is 0 Å². The van der Waals surface area contributed by atoms with Crippen molar-refractivity contribution >= 4 is 11.7 Å². The zero-order chi connectivity index (χ0) is 19.1. The molecule has 0 spiro atoms. The van der Waals surface area contributed by atoms with Crippen LogP contribution in [0.4, 0.5) is 5.82 Å². The summed E-state index contributed by atoms with van der Waals surface area (Å²) in [5.74, 6) is 2.25. The molecule has 0 unspecified atom stereocenters. The average molecular weight is 378 g/mol. The van der Waals surface area contributed by atoms with Gasteiger partial charge in [-0.05, 0) is 37.8 Å². The van der Waals surface area contributed by atoms with Crippen molar-refractivity contribution < 1.29 is 4.79 Å². The van der Waals surface area contributed by atoms with Crippen LogP contribution >= 0.6 is 0 Å². The fraction of sp³-hybridized carbons (Fsp3) is 0.524. The zero-order valence-corrected chi connectivity index (χ0v) is 16.3. The number of anilines is 1. The van der Waals surface area contributed by atoms with Gasteiger partial charge in [-0.25, -0.2) is 9.97 Å². The van der Waals surface area contributed by atoms with Crippen molar-refractivity contribution in [1.29, 1.82) is 0 Å². The molecule has 2 aromatic rings. The van der Waals surface area contributed by atoms with Crippen LogP contribution in [-0.2, 0) is 13.0 Å². The number of hydrogen-bond acceptors (Lipinski definition) is 6. The summed E-state index contributed by atoms with van der Waals surface area (Å²) >= 11 is 0. The molecule has 7 nitrogen and oxygen atoms in total. The maximum absolute atomic E-state index is 12.4. The van der Waals surface area contributed by atoms with E-state index in [1.807, 2.05) is 12.3 Å². The topological polar surface area (TPSA) is 74.2 Å². The van der Waals surface area contributed by atoms with Gasteiger partial charge in [0.1, 0.15) is 17.3 Å². The van der Waals surface area contributed by atoms with E-state index in [0.29, 0.717) is 18.2 Å². The van der Waals surface area contributed by atoms with Crippen molar-refractivity contribution in [2.24, 2.45) is 0 Å². The number of hydrogen-bond donors (Lipinski definition) is 1. The second kappa shape index (κ2) is 7.13. The number of aromatic nitrogens is 3. The summed E-state index contributed by atoms with van der Waals surface area (Å²) in [4.78, 5) is 31.3. The maximum atomic E-state index is 12.4. The summed E-state index contributed by atoms with van der Waals surface area (Å²) in [6.07, 6.45) is 4.96. The average Bonchev–Trinajstić information content (AvgIpc) is 3.56. The predicted octanol–water partition coefficient (Wildman–Crippen LogP) is 1.67. The van der Waals surface area contributed by atoms with Gasteiger partial charge in [0, 0.05) is 56.9 Å². The van der Waals surface area contributed by atoms with E-state index in [-0.39, 0.29) is 5.91 Å². The lowest BCUT2D eigenvalue weighted by molar-refractivity contribution is 0.0940. The summed E-state index contributed by atoms with van der Waals surface area (Å²) in [5.41, 5.74) is 4.03. The summed E-state index contributed by atoms with van der Waals surface area (Å²) < 4.78 is 0. The molecule has 146 valence electrons. The van der Waals surface area contributed by atoms with E-state index in [1.54, 1.807) is 0 Å². The van der Waals surface area contributed by atoms with Crippen LogP contribution in [0.5, 0.6) is 0 Å². The third-order valence-electron chi connectivity index (χ3n) is 5.98. The Morgan fingerprint density at radius 2 is 2.00 bits per heavy atom. The van der Waals surface area contributed by atoms with Crippen LogP contribution in [0.15, 0.2) is 18.3 Å². The fourth-order valence-corrected chi connectivity index (χ4v) is 4.09. The summed E-state index contributed by atoms with van der Waals surface area (Å²) in [6.45, 7) is 7.46. The highest BCUT2D eigenvalue weighted by Gasteiger charge is 2.33. The van der Waals surface area contributed by atoms with Crippen molar-refractivity contribution in [3.8, 4) is 0 Å². The second-order valence-electron chi connectivity index (χ2n) is 8.04. The number of fused-ring (bicyclic) bond motifs is 1. The van der Waals surface area contributed by atoms with Crippen LogP contribution in [0, 0.1) is 6.92 Å². The first kappa shape index (κ1) is 17.6. The Morgan fingerprint density at radius 1 is 1.18 bits per heavy atom. The molecule has 1 N–H and O–H groups in total. The number of nitrogens with one attached hydrogen (secondary N) is 1. The molecule has 28 heavy (non-hydrogen) atoms. The number of carbonyl (C=O) groups is 1. The van der Waals surface area contributed by atoms with Gasteiger partial charge in [-0.1, -0.05) is 6.07 Å². The molecule has 0 atom stereocenters. The molecule has 1 amide bonds. The number of nitrogens with zero attached hydrogens (tertiary/aromatic N) is 5. The third kappa shape index (κ3) is 3.35. The molecule has 7 heteroatoms. The van der Waals surface area contributed by atoms with Gasteiger partial charge in [0.15, 0.2) is 0 Å². The van der Waals surface area contributed by atoms with E-state index in [2.05, 4.69) is 38.1 Å². The molecule has 2 aromatic heterocycles. The lowest BCUT2D eigenvalue weighted by atomic mass is 10.0.